The summed E-state index contributed by atoms with van der Waals surface area (Å²) >= 11 is 1.66. The predicted octanol–water partition coefficient (Wildman–Crippen LogP) is 2.50. The first-order valence-corrected chi connectivity index (χ1v) is 9.24. The summed E-state index contributed by atoms with van der Waals surface area (Å²) in [6.07, 6.45) is 4.05. The molecule has 0 bridgehead atoms. The Bertz CT molecular complexity index is 475. The van der Waals surface area contributed by atoms with Crippen LogP contribution in [0.25, 0.3) is 0 Å². The van der Waals surface area contributed by atoms with Crippen LogP contribution < -0.4 is 0 Å². The number of aliphatic hydroxyl groups is 1. The largest absolute Gasteiger partial charge is 0.387 e. The van der Waals surface area contributed by atoms with Crippen LogP contribution in [0.15, 0.2) is 17.5 Å². The van der Waals surface area contributed by atoms with Crippen molar-refractivity contribution in [2.24, 2.45) is 5.92 Å². The molecule has 2 aliphatic heterocycles. The van der Waals surface area contributed by atoms with E-state index in [0.717, 1.165) is 56.7 Å². The number of hydrogen-bond donors (Lipinski definition) is 1. The van der Waals surface area contributed by atoms with Gasteiger partial charge in [0.25, 0.3) is 0 Å². The molecule has 1 aromatic heterocycles. The first-order valence-electron chi connectivity index (χ1n) is 8.36. The van der Waals surface area contributed by atoms with Crippen molar-refractivity contribution in [1.29, 1.82) is 0 Å². The number of carbonyl (C=O) groups excluding carboxylic acids is 1. The first kappa shape index (κ1) is 16.0. The summed E-state index contributed by atoms with van der Waals surface area (Å²) < 4.78 is 0. The predicted molar refractivity (Wildman–Crippen MR) is 88.9 cm³/mol. The minimum atomic E-state index is -0.290. The van der Waals surface area contributed by atoms with Gasteiger partial charge in [-0.1, -0.05) is 6.07 Å². The minimum Gasteiger partial charge on any atom is -0.387 e. The SMILES string of the molecule is CC(=O)N1CCC(N2CCC(C(O)c3cccs3)CC2)CC1. The van der Waals surface area contributed by atoms with Gasteiger partial charge in [0.15, 0.2) is 0 Å². The molecular formula is C17H26N2O2S. The van der Waals surface area contributed by atoms with Crippen molar-refractivity contribution < 1.29 is 9.90 Å². The number of piperidine rings is 2. The van der Waals surface area contributed by atoms with Gasteiger partial charge in [-0.15, -0.1) is 11.3 Å². The molecule has 2 fully saturated rings. The lowest BCUT2D eigenvalue weighted by atomic mass is 9.89. The molecular weight excluding hydrogens is 296 g/mol. The second-order valence-corrected chi connectivity index (χ2v) is 7.55. The van der Waals surface area contributed by atoms with Gasteiger partial charge in [0, 0.05) is 30.9 Å². The molecule has 22 heavy (non-hydrogen) atoms. The first-order chi connectivity index (χ1) is 10.6. The molecule has 0 radical (unpaired) electrons. The van der Waals surface area contributed by atoms with Gasteiger partial charge >= 0.3 is 0 Å². The molecule has 4 nitrogen and oxygen atoms in total. The third-order valence-electron chi connectivity index (χ3n) is 5.28. The maximum absolute atomic E-state index is 11.4. The van der Waals surface area contributed by atoms with E-state index in [-0.39, 0.29) is 12.0 Å². The van der Waals surface area contributed by atoms with Crippen molar-refractivity contribution in [2.75, 3.05) is 26.2 Å². The molecule has 0 spiro atoms. The number of amides is 1. The fraction of sp³-hybridized carbons (Fsp3) is 0.706. The topological polar surface area (TPSA) is 43.8 Å². The highest BCUT2D eigenvalue weighted by atomic mass is 32.1. The van der Waals surface area contributed by atoms with Crippen LogP contribution in [0.3, 0.4) is 0 Å². The van der Waals surface area contributed by atoms with Crippen LogP contribution in [-0.4, -0.2) is 53.0 Å². The van der Waals surface area contributed by atoms with Gasteiger partial charge < -0.3 is 14.9 Å². The average molecular weight is 322 g/mol. The number of aliphatic hydroxyl groups excluding tert-OH is 1. The lowest BCUT2D eigenvalue weighted by molar-refractivity contribution is -0.130. The normalized spacial score (nSPS) is 23.6. The number of likely N-dealkylation sites (tertiary alicyclic amines) is 2. The molecule has 1 unspecified atom stereocenters. The van der Waals surface area contributed by atoms with E-state index in [1.165, 1.54) is 0 Å². The number of thiophene rings is 1. The highest BCUT2D eigenvalue weighted by molar-refractivity contribution is 7.10. The fourth-order valence-corrected chi connectivity index (χ4v) is 4.64. The molecule has 0 aliphatic carbocycles. The summed E-state index contributed by atoms with van der Waals surface area (Å²) in [6, 6.07) is 4.68. The Labute approximate surface area is 136 Å². The van der Waals surface area contributed by atoms with E-state index in [1.54, 1.807) is 18.3 Å². The zero-order valence-electron chi connectivity index (χ0n) is 13.3. The second-order valence-electron chi connectivity index (χ2n) is 6.57. The highest BCUT2D eigenvalue weighted by Gasteiger charge is 2.31. The third kappa shape index (κ3) is 3.53. The van der Waals surface area contributed by atoms with Crippen molar-refractivity contribution >= 4 is 17.2 Å². The van der Waals surface area contributed by atoms with Crippen LogP contribution in [0.5, 0.6) is 0 Å². The summed E-state index contributed by atoms with van der Waals surface area (Å²) in [5.74, 6) is 0.600. The fourth-order valence-electron chi connectivity index (χ4n) is 3.84. The zero-order chi connectivity index (χ0) is 15.5. The quantitative estimate of drug-likeness (QED) is 0.930. The van der Waals surface area contributed by atoms with E-state index in [2.05, 4.69) is 4.90 Å². The van der Waals surface area contributed by atoms with Crippen LogP contribution in [0, 0.1) is 5.92 Å². The maximum atomic E-state index is 11.4. The van der Waals surface area contributed by atoms with E-state index >= 15 is 0 Å². The minimum absolute atomic E-state index is 0.205. The van der Waals surface area contributed by atoms with Gasteiger partial charge in [0.05, 0.1) is 6.10 Å². The van der Waals surface area contributed by atoms with Crippen molar-refractivity contribution in [1.82, 2.24) is 9.80 Å². The Balaban J connectivity index is 1.47. The van der Waals surface area contributed by atoms with Gasteiger partial charge in [0.1, 0.15) is 0 Å². The van der Waals surface area contributed by atoms with Crippen LogP contribution >= 0.6 is 11.3 Å². The maximum Gasteiger partial charge on any atom is 0.219 e. The molecule has 1 N–H and O–H groups in total. The van der Waals surface area contributed by atoms with Crippen LogP contribution in [0.2, 0.25) is 0 Å². The van der Waals surface area contributed by atoms with Crippen molar-refractivity contribution in [3.63, 3.8) is 0 Å². The van der Waals surface area contributed by atoms with Crippen molar-refractivity contribution in [2.45, 2.75) is 44.8 Å². The summed E-state index contributed by atoms with van der Waals surface area (Å²) in [7, 11) is 0. The van der Waals surface area contributed by atoms with Crippen molar-refractivity contribution in [3.8, 4) is 0 Å². The third-order valence-corrected chi connectivity index (χ3v) is 6.22. The molecule has 3 rings (SSSR count). The second kappa shape index (κ2) is 7.11. The number of rotatable bonds is 3. The Morgan fingerprint density at radius 1 is 1.23 bits per heavy atom. The van der Waals surface area contributed by atoms with Gasteiger partial charge in [-0.25, -0.2) is 0 Å². The number of nitrogens with zero attached hydrogens (tertiary/aromatic N) is 2. The van der Waals surface area contributed by atoms with Gasteiger partial charge in [-0.3, -0.25) is 4.79 Å². The van der Waals surface area contributed by atoms with Gasteiger partial charge in [-0.2, -0.15) is 0 Å². The van der Waals surface area contributed by atoms with Crippen LogP contribution in [-0.2, 0) is 4.79 Å². The van der Waals surface area contributed by atoms with Crippen LogP contribution in [0.1, 0.15) is 43.6 Å². The Morgan fingerprint density at radius 2 is 1.91 bits per heavy atom. The van der Waals surface area contributed by atoms with E-state index in [4.69, 9.17) is 0 Å². The van der Waals surface area contributed by atoms with Crippen molar-refractivity contribution in [3.05, 3.63) is 22.4 Å². The molecule has 2 saturated heterocycles. The zero-order valence-corrected chi connectivity index (χ0v) is 14.1. The summed E-state index contributed by atoms with van der Waals surface area (Å²) in [5, 5.41) is 12.5. The van der Waals surface area contributed by atoms with E-state index in [1.807, 2.05) is 22.4 Å². The summed E-state index contributed by atoms with van der Waals surface area (Å²) in [4.78, 5) is 17.0. The smallest absolute Gasteiger partial charge is 0.219 e. The molecule has 1 aromatic rings. The summed E-state index contributed by atoms with van der Waals surface area (Å²) in [5.41, 5.74) is 0. The Hall–Kier alpha value is -0.910. The van der Waals surface area contributed by atoms with E-state index in [0.29, 0.717) is 12.0 Å². The molecule has 1 amide bonds. The molecule has 5 heteroatoms. The molecule has 0 aromatic carbocycles. The lowest BCUT2D eigenvalue weighted by Crippen LogP contribution is -2.49. The molecule has 0 saturated carbocycles. The van der Waals surface area contributed by atoms with Gasteiger partial charge in [-0.05, 0) is 56.1 Å². The lowest BCUT2D eigenvalue weighted by Gasteiger charge is -2.42. The summed E-state index contributed by atoms with van der Waals surface area (Å²) in [6.45, 7) is 5.63. The molecule has 122 valence electrons. The number of hydrogen-bond acceptors (Lipinski definition) is 4. The van der Waals surface area contributed by atoms with Gasteiger partial charge in [0.2, 0.25) is 5.91 Å². The van der Waals surface area contributed by atoms with E-state index in [9.17, 15) is 9.90 Å². The Morgan fingerprint density at radius 3 is 2.45 bits per heavy atom. The molecule has 2 aliphatic rings. The standard InChI is InChI=1S/C17H26N2O2S/c1-13(20)18-10-6-15(7-11-18)19-8-4-14(5-9-19)17(21)16-3-2-12-22-16/h2-3,12,14-15,17,21H,4-11H2,1H3. The number of carbonyl (C=O) groups is 1. The highest BCUT2D eigenvalue weighted by Crippen LogP contribution is 2.34. The van der Waals surface area contributed by atoms with Crippen LogP contribution in [0.4, 0.5) is 0 Å². The monoisotopic (exact) mass is 322 g/mol. The Kier molecular flexibility index (Phi) is 5.16. The molecule has 3 heterocycles. The molecule has 1 atom stereocenters. The van der Waals surface area contributed by atoms with E-state index < -0.39 is 0 Å². The average Bonchev–Trinajstić information content (AvgIpc) is 3.09.